The number of hydrogen-bond acceptors (Lipinski definition) is 22. The van der Waals surface area contributed by atoms with Crippen molar-refractivity contribution in [3.8, 4) is 44.9 Å². The number of nitrogens with zero attached hydrogens (tertiary/aromatic N) is 12. The number of esters is 1. The predicted molar refractivity (Wildman–Crippen MR) is 463 cm³/mol. The second-order valence-electron chi connectivity index (χ2n) is 29.5. The Morgan fingerprint density at radius 2 is 0.849 bits per heavy atom. The Morgan fingerprint density at radius 3 is 1.18 bits per heavy atom. The van der Waals surface area contributed by atoms with Crippen LogP contribution in [0.5, 0.6) is 11.5 Å². The maximum absolute atomic E-state index is 13.8. The van der Waals surface area contributed by atoms with Crippen LogP contribution in [0.1, 0.15) is 101 Å². The van der Waals surface area contributed by atoms with Crippen LogP contribution in [0.3, 0.4) is 0 Å². The number of pyridine rings is 8. The van der Waals surface area contributed by atoms with Gasteiger partial charge in [-0.05, 0) is 179 Å². The van der Waals surface area contributed by atoms with Gasteiger partial charge in [-0.1, -0.05) is 19.7 Å². The number of ether oxygens (including phenoxy) is 6. The van der Waals surface area contributed by atoms with Crippen LogP contribution < -0.4 is 75.0 Å². The molecule has 0 aromatic carbocycles. The second-order valence-corrected chi connectivity index (χ2v) is 29.8. The van der Waals surface area contributed by atoms with Crippen molar-refractivity contribution in [1.82, 2.24) is 63.0 Å². The molecule has 11 aromatic heterocycles. The molecule has 0 atom stereocenters. The van der Waals surface area contributed by atoms with E-state index < -0.39 is 5.97 Å². The van der Waals surface area contributed by atoms with E-state index in [-0.39, 0.29) is 82.8 Å². The summed E-state index contributed by atoms with van der Waals surface area (Å²) in [5.41, 5.74) is 19.2. The second kappa shape index (κ2) is 40.9. The molecule has 624 valence electrons. The van der Waals surface area contributed by atoms with Gasteiger partial charge in [0.25, 0.3) is 17.0 Å². The number of amides is 1. The molecule has 29 nitrogen and oxygen atoms in total. The first kappa shape index (κ1) is 91.6. The smallest absolute Gasteiger partial charge is 0.870 e. The van der Waals surface area contributed by atoms with Crippen molar-refractivity contribution in [3.63, 3.8) is 0 Å². The number of aromatic carboxylic acids is 1. The van der Waals surface area contributed by atoms with Gasteiger partial charge in [0.15, 0.2) is 0 Å². The summed E-state index contributed by atoms with van der Waals surface area (Å²) in [5.74, 6) is 1.98. The number of carboxylic acid groups (broad SMARTS) is 1. The number of hydrogen-bond donors (Lipinski definition) is 5. The summed E-state index contributed by atoms with van der Waals surface area (Å²) in [6.45, 7) is 34.8. The summed E-state index contributed by atoms with van der Waals surface area (Å²) in [5, 5.41) is 12.8. The number of fused-ring (bicyclic) bond motifs is 3. The monoisotopic (exact) mass is 1650 g/mol. The fourth-order valence-electron chi connectivity index (χ4n) is 14.6. The molecule has 119 heavy (non-hydrogen) atoms. The zero-order valence-electron chi connectivity index (χ0n) is 70.8. The zero-order chi connectivity index (χ0) is 84.2. The van der Waals surface area contributed by atoms with Gasteiger partial charge in [-0.2, -0.15) is 0 Å². The Bertz CT molecular complexity index is 5650. The van der Waals surface area contributed by atoms with E-state index in [1.807, 2.05) is 169 Å². The zero-order valence-corrected chi connectivity index (χ0v) is 73.5. The Kier molecular flexibility index (Phi) is 31.5. The molecule has 3 aliphatic rings. The maximum atomic E-state index is 13.8. The Hall–Kier alpha value is -11.3. The first-order chi connectivity index (χ1) is 56.0. The molecule has 14 heterocycles. The number of rotatable bonds is 22. The van der Waals surface area contributed by atoms with E-state index in [0.29, 0.717) is 84.7 Å². The molecule has 3 saturated heterocycles. The van der Waals surface area contributed by atoms with Crippen molar-refractivity contribution in [3.05, 3.63) is 236 Å². The number of morpholine rings is 3. The number of methoxy groups -OCH3 is 2. The minimum atomic E-state index is -0.943. The molecular weight excluding hydrogens is 1550 g/mol. The van der Waals surface area contributed by atoms with Crippen molar-refractivity contribution in [2.75, 3.05) is 150 Å². The average molecular weight is 1650 g/mol. The van der Waals surface area contributed by atoms with Crippen molar-refractivity contribution in [2.24, 2.45) is 0 Å². The molecular formula is C88H106ClN16NaO13. The van der Waals surface area contributed by atoms with E-state index in [0.717, 1.165) is 158 Å². The van der Waals surface area contributed by atoms with E-state index in [1.165, 1.54) is 14.2 Å². The SMILES string of the molecule is C=C(c1c(C)c(C(=O)NCc2c(OC)cc(C)[nH]c2=O)cc2c(-c3ccnc(N(C)C)c3)ccn12)N1CCOCC1.C=C(c1c(C)c(C(=O)O)cc2c(-c3ccnc(N(C)C)c3)ccn12)N1CCOCC1.C=C(c1c(C)c(C(=O)OC(C)C)cc2c(-c3ccnc(N(C)C)c3)ccn12)N1CCOCC1.COc1cc(C)[nH]c(=O)c1CNCl.[Na+].[OH-]. The average Bonchev–Trinajstić information content (AvgIpc) is 1.64. The van der Waals surface area contributed by atoms with Gasteiger partial charge in [-0.3, -0.25) is 14.4 Å². The van der Waals surface area contributed by atoms with E-state index in [2.05, 4.69) is 96.5 Å². The van der Waals surface area contributed by atoms with Gasteiger partial charge >= 0.3 is 41.5 Å². The van der Waals surface area contributed by atoms with Crippen molar-refractivity contribution in [2.45, 2.75) is 67.7 Å². The number of carbonyl (C=O) groups excluding carboxylic acids is 2. The third kappa shape index (κ3) is 20.7. The minimum Gasteiger partial charge on any atom is -0.870 e. The fourth-order valence-corrected chi connectivity index (χ4v) is 14.7. The number of aryl methyl sites for hydroxylation is 2. The van der Waals surface area contributed by atoms with Crippen LogP contribution in [0.25, 0.3) is 67.0 Å². The first-order valence-electron chi connectivity index (χ1n) is 38.5. The fraction of sp³-hybridized carbons (Fsp3) is 0.341. The number of nitrogens with one attached hydrogen (secondary N) is 4. The van der Waals surface area contributed by atoms with Crippen molar-refractivity contribution >= 4 is 80.7 Å². The molecule has 1 amide bonds. The third-order valence-corrected chi connectivity index (χ3v) is 20.9. The summed E-state index contributed by atoms with van der Waals surface area (Å²) in [6, 6.07) is 27.2. The molecule has 0 bridgehead atoms. The van der Waals surface area contributed by atoms with Gasteiger partial charge in [0.05, 0.1) is 139 Å². The van der Waals surface area contributed by atoms with E-state index in [4.69, 9.17) is 40.2 Å². The summed E-state index contributed by atoms with van der Waals surface area (Å²) < 4.78 is 38.9. The normalized spacial score (nSPS) is 13.2. The summed E-state index contributed by atoms with van der Waals surface area (Å²) in [4.78, 5) is 96.5. The molecule has 3 aliphatic heterocycles. The van der Waals surface area contributed by atoms with Gasteiger partial charge in [-0.25, -0.2) is 29.4 Å². The van der Waals surface area contributed by atoms with Crippen LogP contribution >= 0.6 is 11.8 Å². The molecule has 0 spiro atoms. The Balaban J connectivity index is 0.000000189. The van der Waals surface area contributed by atoms with Gasteiger partial charge in [0.2, 0.25) is 0 Å². The molecule has 31 heteroatoms. The van der Waals surface area contributed by atoms with Crippen molar-refractivity contribution in [1.29, 1.82) is 0 Å². The van der Waals surface area contributed by atoms with Crippen LogP contribution in [0, 0.1) is 34.6 Å². The van der Waals surface area contributed by atoms with Crippen LogP contribution in [0.15, 0.2) is 151 Å². The molecule has 0 aliphatic carbocycles. The number of aromatic amines is 2. The van der Waals surface area contributed by atoms with Gasteiger partial charge < -0.3 is 96.9 Å². The molecule has 0 unspecified atom stereocenters. The number of H-pyrrole nitrogens is 2. The molecule has 3 fully saturated rings. The van der Waals surface area contributed by atoms with Gasteiger partial charge in [0.1, 0.15) is 29.0 Å². The topological polar surface area (TPSA) is 318 Å². The standard InChI is InChI=1S/C31H36N6O4.C26H32N4O3.C23H26N4O3.C8H11ClN2O2.Na.H2O/c1-19-15-27(40-6)25(31(39)34-19)18-33-30(38)24-17-26-23(22-7-9-32-28(16-22)35(4)5)8-10-37(26)29(20(24)2)21(3)36-11-13-41-14-12-36;1-17(2)33-26(31)22-16-23-21(20-7-9-27-24(15-20)28(5)6)8-10-30(23)25(18(22)3)19(4)29-11-13-32-14-12-29;1-15-19(23(28)29)14-20-18(17-5-7-24-21(13-17)25(3)4)6-8-27(20)22(15)16(2)26-9-11-30-12-10-26;1-5-3-7(13-2)6(4-10-9)8(12)11-5;;/h7-10,15-17H,3,11-14,18H2,1-2,4-6H3,(H,33,38)(H,34,39);7-10,15-17H,4,11-14H2,1-3,5-6H3;5-8,13-14H,2,9-12H2,1,3-4H3,(H,28,29);3,10H,4H2,1-2H3,(H,11,12);;1H2/q;;;;+1;/p-1. The van der Waals surface area contributed by atoms with Crippen molar-refractivity contribution < 1.29 is 82.9 Å². The van der Waals surface area contributed by atoms with Gasteiger partial charge in [-0.15, -0.1) is 0 Å². The van der Waals surface area contributed by atoms with E-state index in [9.17, 15) is 29.1 Å². The Labute approximate surface area is 720 Å². The molecule has 14 rings (SSSR count). The van der Waals surface area contributed by atoms with Crippen LogP contribution in [0.4, 0.5) is 17.5 Å². The number of halogens is 1. The predicted octanol–water partition coefficient (Wildman–Crippen LogP) is 9.00. The molecule has 6 N–H and O–H groups in total. The quantitative estimate of drug-likeness (QED) is 0.0240. The minimum absolute atomic E-state index is 0. The largest absolute Gasteiger partial charge is 1.00 e. The molecule has 0 saturated carbocycles. The number of carbonyl (C=O) groups is 3. The summed E-state index contributed by atoms with van der Waals surface area (Å²) in [7, 11) is 14.8. The number of aromatic nitrogens is 8. The number of carboxylic acids is 1. The first-order valence-corrected chi connectivity index (χ1v) is 38.9. The van der Waals surface area contributed by atoms with Crippen LogP contribution in [-0.2, 0) is 32.0 Å². The van der Waals surface area contributed by atoms with Crippen LogP contribution in [0.2, 0.25) is 0 Å². The van der Waals surface area contributed by atoms with E-state index in [1.54, 1.807) is 44.4 Å². The Morgan fingerprint density at radius 1 is 0.521 bits per heavy atom. The number of anilines is 3. The molecule has 0 radical (unpaired) electrons. The van der Waals surface area contributed by atoms with Gasteiger partial charge in [0, 0.05) is 159 Å². The summed E-state index contributed by atoms with van der Waals surface area (Å²) >= 11 is 5.32. The van der Waals surface area contributed by atoms with E-state index >= 15 is 0 Å². The third-order valence-electron chi connectivity index (χ3n) is 20.8. The van der Waals surface area contributed by atoms with Crippen LogP contribution in [-0.4, -0.2) is 223 Å². The maximum Gasteiger partial charge on any atom is 1.00 e. The molecule has 11 aromatic rings. The summed E-state index contributed by atoms with van der Waals surface area (Å²) in [6.07, 6.45) is 11.2.